The molecule has 28 heavy (non-hydrogen) atoms. The van der Waals surface area contributed by atoms with Crippen molar-refractivity contribution in [2.24, 2.45) is 0 Å². The second kappa shape index (κ2) is 6.84. The lowest BCUT2D eigenvalue weighted by Crippen LogP contribution is -2.25. The van der Waals surface area contributed by atoms with Gasteiger partial charge in [0.2, 0.25) is 0 Å². The van der Waals surface area contributed by atoms with E-state index in [4.69, 9.17) is 9.47 Å². The molecule has 142 valence electrons. The van der Waals surface area contributed by atoms with Crippen LogP contribution in [-0.4, -0.2) is 35.9 Å². The standard InChI is InChI=1S/C21H18N2O5/c1-11-12(2)22-16-5-3-14(7-15(11)16)21(26)28-9-18(24)13-4-6-19-17(8-13)23-20(25)10-27-19/h3-8,22H,9-10H2,1-2H3,(H,23,25). The van der Waals surface area contributed by atoms with Gasteiger partial charge in [-0.1, -0.05) is 0 Å². The summed E-state index contributed by atoms with van der Waals surface area (Å²) in [5.41, 5.74) is 4.19. The molecule has 3 aromatic rings. The summed E-state index contributed by atoms with van der Waals surface area (Å²) < 4.78 is 10.4. The highest BCUT2D eigenvalue weighted by atomic mass is 16.5. The average Bonchev–Trinajstić information content (AvgIpc) is 2.98. The number of aromatic amines is 1. The number of esters is 1. The lowest BCUT2D eigenvalue weighted by molar-refractivity contribution is -0.118. The van der Waals surface area contributed by atoms with E-state index in [-0.39, 0.29) is 18.3 Å². The van der Waals surface area contributed by atoms with Gasteiger partial charge in [0, 0.05) is 22.2 Å². The number of hydrogen-bond acceptors (Lipinski definition) is 5. The SMILES string of the molecule is Cc1[nH]c2ccc(C(=O)OCC(=O)c3ccc4c(c3)NC(=O)CO4)cc2c1C. The third-order valence-corrected chi connectivity index (χ3v) is 4.81. The first-order valence-corrected chi connectivity index (χ1v) is 8.78. The number of nitrogens with one attached hydrogen (secondary N) is 2. The van der Waals surface area contributed by atoms with Gasteiger partial charge in [0.25, 0.3) is 5.91 Å². The maximum absolute atomic E-state index is 12.4. The molecule has 2 aromatic carbocycles. The maximum Gasteiger partial charge on any atom is 0.338 e. The van der Waals surface area contributed by atoms with Crippen molar-refractivity contribution in [2.45, 2.75) is 13.8 Å². The number of fused-ring (bicyclic) bond motifs is 2. The second-order valence-corrected chi connectivity index (χ2v) is 6.68. The minimum absolute atomic E-state index is 0.0532. The number of carbonyl (C=O) groups is 3. The number of aryl methyl sites for hydroxylation is 2. The zero-order valence-corrected chi connectivity index (χ0v) is 15.4. The Labute approximate surface area is 160 Å². The molecule has 0 bridgehead atoms. The molecule has 0 radical (unpaired) electrons. The Hall–Kier alpha value is -3.61. The van der Waals surface area contributed by atoms with E-state index >= 15 is 0 Å². The number of H-pyrrole nitrogens is 1. The fraction of sp³-hybridized carbons (Fsp3) is 0.190. The molecule has 0 fully saturated rings. The van der Waals surface area contributed by atoms with Gasteiger partial charge in [0.15, 0.2) is 19.0 Å². The molecule has 1 aliphatic heterocycles. The van der Waals surface area contributed by atoms with Gasteiger partial charge in [-0.3, -0.25) is 9.59 Å². The van der Waals surface area contributed by atoms with Crippen LogP contribution in [0.15, 0.2) is 36.4 Å². The van der Waals surface area contributed by atoms with Crippen molar-refractivity contribution >= 4 is 34.3 Å². The third kappa shape index (κ3) is 3.22. The number of amides is 1. The number of aromatic nitrogens is 1. The van der Waals surface area contributed by atoms with Crippen LogP contribution in [0.25, 0.3) is 10.9 Å². The van der Waals surface area contributed by atoms with Crippen molar-refractivity contribution in [1.82, 2.24) is 4.98 Å². The van der Waals surface area contributed by atoms with E-state index in [1.165, 1.54) is 6.07 Å². The van der Waals surface area contributed by atoms with E-state index in [2.05, 4.69) is 10.3 Å². The summed E-state index contributed by atoms with van der Waals surface area (Å²) in [6, 6.07) is 9.93. The van der Waals surface area contributed by atoms with Crippen molar-refractivity contribution in [3.63, 3.8) is 0 Å². The molecular weight excluding hydrogens is 360 g/mol. The quantitative estimate of drug-likeness (QED) is 0.537. The molecule has 0 spiro atoms. The predicted octanol–water partition coefficient (Wildman–Crippen LogP) is 3.16. The number of Topliss-reactive ketones (excluding diaryl/α,β-unsaturated/α-hetero) is 1. The molecule has 0 unspecified atom stereocenters. The van der Waals surface area contributed by atoms with Gasteiger partial charge in [0.1, 0.15) is 5.75 Å². The van der Waals surface area contributed by atoms with Gasteiger partial charge in [-0.15, -0.1) is 0 Å². The minimum Gasteiger partial charge on any atom is -0.482 e. The third-order valence-electron chi connectivity index (χ3n) is 4.81. The number of carbonyl (C=O) groups excluding carboxylic acids is 3. The average molecular weight is 378 g/mol. The highest BCUT2D eigenvalue weighted by Crippen LogP contribution is 2.28. The van der Waals surface area contributed by atoms with E-state index in [1.54, 1.807) is 24.3 Å². The number of benzene rings is 2. The summed E-state index contributed by atoms with van der Waals surface area (Å²) in [5, 5.41) is 3.59. The van der Waals surface area contributed by atoms with Crippen LogP contribution in [0.3, 0.4) is 0 Å². The molecule has 1 aliphatic rings. The van der Waals surface area contributed by atoms with E-state index in [9.17, 15) is 14.4 Å². The number of rotatable bonds is 4. The monoisotopic (exact) mass is 378 g/mol. The van der Waals surface area contributed by atoms with Crippen LogP contribution >= 0.6 is 0 Å². The molecule has 0 aliphatic carbocycles. The normalized spacial score (nSPS) is 12.9. The van der Waals surface area contributed by atoms with Crippen molar-refractivity contribution in [3.8, 4) is 5.75 Å². The molecule has 1 aromatic heterocycles. The number of anilines is 1. The van der Waals surface area contributed by atoms with Crippen molar-refractivity contribution in [1.29, 1.82) is 0 Å². The largest absolute Gasteiger partial charge is 0.482 e. The Kier molecular flexibility index (Phi) is 4.35. The lowest BCUT2D eigenvalue weighted by atomic mass is 10.1. The maximum atomic E-state index is 12.4. The van der Waals surface area contributed by atoms with Gasteiger partial charge in [0.05, 0.1) is 11.3 Å². The van der Waals surface area contributed by atoms with Gasteiger partial charge in [-0.2, -0.15) is 0 Å². The fourth-order valence-corrected chi connectivity index (χ4v) is 3.14. The smallest absolute Gasteiger partial charge is 0.338 e. The Morgan fingerprint density at radius 1 is 1.11 bits per heavy atom. The lowest BCUT2D eigenvalue weighted by Gasteiger charge is -2.18. The van der Waals surface area contributed by atoms with Crippen molar-refractivity contribution < 1.29 is 23.9 Å². The number of ketones is 1. The van der Waals surface area contributed by atoms with Crippen LogP contribution in [-0.2, 0) is 9.53 Å². The van der Waals surface area contributed by atoms with Crippen LogP contribution in [0.1, 0.15) is 32.0 Å². The second-order valence-electron chi connectivity index (χ2n) is 6.68. The zero-order valence-electron chi connectivity index (χ0n) is 15.4. The van der Waals surface area contributed by atoms with Crippen molar-refractivity contribution in [3.05, 3.63) is 58.8 Å². The Morgan fingerprint density at radius 3 is 2.71 bits per heavy atom. The Morgan fingerprint density at radius 2 is 1.89 bits per heavy atom. The molecule has 0 saturated heterocycles. The van der Waals surface area contributed by atoms with Gasteiger partial charge in [-0.25, -0.2) is 4.79 Å². The number of ether oxygens (including phenoxy) is 2. The topological polar surface area (TPSA) is 97.5 Å². The van der Waals surface area contributed by atoms with Crippen molar-refractivity contribution in [2.75, 3.05) is 18.5 Å². The van der Waals surface area contributed by atoms with Gasteiger partial charge < -0.3 is 19.8 Å². The van der Waals surface area contributed by atoms with E-state index in [1.807, 2.05) is 19.9 Å². The fourth-order valence-electron chi connectivity index (χ4n) is 3.14. The Bertz CT molecular complexity index is 1130. The minimum atomic E-state index is -0.567. The summed E-state index contributed by atoms with van der Waals surface area (Å²) in [6.45, 7) is 3.50. The summed E-state index contributed by atoms with van der Waals surface area (Å²) in [5.74, 6) is -0.721. The molecular formula is C21H18N2O5. The van der Waals surface area contributed by atoms with Crippen LogP contribution in [0.2, 0.25) is 0 Å². The van der Waals surface area contributed by atoms with E-state index in [0.29, 0.717) is 22.6 Å². The molecule has 4 rings (SSSR count). The van der Waals surface area contributed by atoms with Crippen LogP contribution < -0.4 is 10.1 Å². The van der Waals surface area contributed by atoms with Crippen LogP contribution in [0.5, 0.6) is 5.75 Å². The zero-order chi connectivity index (χ0) is 19.8. The number of hydrogen-bond donors (Lipinski definition) is 2. The summed E-state index contributed by atoms with van der Waals surface area (Å²) in [4.78, 5) is 39.4. The highest BCUT2D eigenvalue weighted by molar-refractivity contribution is 6.03. The molecule has 0 saturated carbocycles. The van der Waals surface area contributed by atoms with E-state index < -0.39 is 12.6 Å². The first-order chi connectivity index (χ1) is 13.4. The molecule has 1 amide bonds. The van der Waals surface area contributed by atoms with Gasteiger partial charge >= 0.3 is 5.97 Å². The highest BCUT2D eigenvalue weighted by Gasteiger charge is 2.19. The summed E-state index contributed by atoms with van der Waals surface area (Å²) >= 11 is 0. The first kappa shape index (κ1) is 17.8. The molecule has 0 atom stereocenters. The Balaban J connectivity index is 1.46. The van der Waals surface area contributed by atoms with E-state index in [0.717, 1.165) is 22.2 Å². The summed E-state index contributed by atoms with van der Waals surface area (Å²) in [7, 11) is 0. The molecule has 7 nitrogen and oxygen atoms in total. The predicted molar refractivity (Wildman–Crippen MR) is 103 cm³/mol. The molecule has 7 heteroatoms. The molecule has 2 N–H and O–H groups in total. The summed E-state index contributed by atoms with van der Waals surface area (Å²) in [6.07, 6.45) is 0. The first-order valence-electron chi connectivity index (χ1n) is 8.78. The molecule has 2 heterocycles. The van der Waals surface area contributed by atoms with Crippen LogP contribution in [0, 0.1) is 13.8 Å². The van der Waals surface area contributed by atoms with Crippen LogP contribution in [0.4, 0.5) is 5.69 Å². The van der Waals surface area contributed by atoms with Gasteiger partial charge in [-0.05, 0) is 55.8 Å².